The zero-order valence-corrected chi connectivity index (χ0v) is 16.8. The number of ether oxygens (including phenoxy) is 2. The Balaban J connectivity index is 1.84. The smallest absolute Gasteiger partial charge is 0.213 e. The lowest BCUT2D eigenvalue weighted by molar-refractivity contribution is 0.0205. The number of nitrogens with one attached hydrogen (secondary N) is 2. The van der Waals surface area contributed by atoms with Crippen LogP contribution in [0.1, 0.15) is 52.0 Å². The van der Waals surface area contributed by atoms with E-state index in [1.54, 1.807) is 20.4 Å². The Hall–Kier alpha value is -1.82. The summed E-state index contributed by atoms with van der Waals surface area (Å²) in [4.78, 5) is 8.62. The first-order valence-corrected chi connectivity index (χ1v) is 9.51. The van der Waals surface area contributed by atoms with Crippen LogP contribution in [-0.2, 0) is 11.3 Å². The van der Waals surface area contributed by atoms with Gasteiger partial charge in [0.25, 0.3) is 0 Å². The number of hydrogen-bond acceptors (Lipinski definition) is 4. The molecule has 0 aliphatic heterocycles. The molecular formula is C20H34N4O2. The predicted molar refractivity (Wildman–Crippen MR) is 106 cm³/mol. The monoisotopic (exact) mass is 362 g/mol. The van der Waals surface area contributed by atoms with Crippen LogP contribution < -0.4 is 15.4 Å². The van der Waals surface area contributed by atoms with Gasteiger partial charge in [-0.05, 0) is 42.7 Å². The van der Waals surface area contributed by atoms with Gasteiger partial charge in [0.15, 0.2) is 5.96 Å². The highest BCUT2D eigenvalue weighted by Crippen LogP contribution is 2.23. The number of aromatic nitrogens is 1. The van der Waals surface area contributed by atoms with E-state index in [9.17, 15) is 0 Å². The average Bonchev–Trinajstić information content (AvgIpc) is 3.10. The molecule has 0 spiro atoms. The number of aliphatic imine (C=N–C) groups is 1. The number of rotatable bonds is 7. The molecule has 1 fully saturated rings. The van der Waals surface area contributed by atoms with E-state index in [0.29, 0.717) is 25.1 Å². The third-order valence-corrected chi connectivity index (χ3v) is 4.78. The molecule has 0 aromatic carbocycles. The van der Waals surface area contributed by atoms with Gasteiger partial charge >= 0.3 is 0 Å². The molecule has 1 aromatic rings. The Bertz CT molecular complexity index is 577. The molecule has 1 aliphatic carbocycles. The Morgan fingerprint density at radius 3 is 2.65 bits per heavy atom. The summed E-state index contributed by atoms with van der Waals surface area (Å²) in [6.45, 7) is 7.87. The van der Waals surface area contributed by atoms with Gasteiger partial charge < -0.3 is 20.1 Å². The largest absolute Gasteiger partial charge is 0.474 e. The molecule has 1 heterocycles. The SMILES string of the molecule is CN=C(NCc1ccnc(OC2CCCC2)c1)NCC(OC)C(C)(C)C. The molecule has 6 nitrogen and oxygen atoms in total. The molecule has 2 N–H and O–H groups in total. The van der Waals surface area contributed by atoms with Gasteiger partial charge in [-0.25, -0.2) is 4.98 Å². The summed E-state index contributed by atoms with van der Waals surface area (Å²) >= 11 is 0. The predicted octanol–water partition coefficient (Wildman–Crippen LogP) is 3.13. The molecule has 1 atom stereocenters. The fourth-order valence-corrected chi connectivity index (χ4v) is 3.14. The number of guanidine groups is 1. The second-order valence-corrected chi connectivity index (χ2v) is 7.92. The van der Waals surface area contributed by atoms with Crippen molar-refractivity contribution in [3.8, 4) is 5.88 Å². The summed E-state index contributed by atoms with van der Waals surface area (Å²) in [5, 5.41) is 6.68. The number of pyridine rings is 1. The first-order chi connectivity index (χ1) is 12.4. The Labute approximate surface area is 157 Å². The molecule has 1 saturated carbocycles. The second kappa shape index (κ2) is 9.76. The van der Waals surface area contributed by atoms with Crippen LogP contribution in [0, 0.1) is 5.41 Å². The maximum absolute atomic E-state index is 5.98. The summed E-state index contributed by atoms with van der Waals surface area (Å²) in [5.41, 5.74) is 1.19. The Morgan fingerprint density at radius 2 is 2.04 bits per heavy atom. The lowest BCUT2D eigenvalue weighted by atomic mass is 9.89. The van der Waals surface area contributed by atoms with Gasteiger partial charge in [0.05, 0.1) is 6.10 Å². The second-order valence-electron chi connectivity index (χ2n) is 7.92. The van der Waals surface area contributed by atoms with Gasteiger partial charge in [-0.3, -0.25) is 4.99 Å². The van der Waals surface area contributed by atoms with Crippen molar-refractivity contribution in [2.75, 3.05) is 20.7 Å². The standard InChI is InChI=1S/C20H34N4O2/c1-20(2,3)17(25-5)14-24-19(21-4)23-13-15-10-11-22-18(12-15)26-16-8-6-7-9-16/h10-12,16-17H,6-9,13-14H2,1-5H3,(H2,21,23,24). The maximum Gasteiger partial charge on any atom is 0.213 e. The molecule has 1 aliphatic rings. The number of nitrogens with zero attached hydrogens (tertiary/aromatic N) is 2. The number of hydrogen-bond donors (Lipinski definition) is 2. The van der Waals surface area contributed by atoms with Crippen molar-refractivity contribution >= 4 is 5.96 Å². The quantitative estimate of drug-likeness (QED) is 0.576. The van der Waals surface area contributed by atoms with Gasteiger partial charge in [0.2, 0.25) is 5.88 Å². The van der Waals surface area contributed by atoms with Crippen molar-refractivity contribution in [3.63, 3.8) is 0 Å². The van der Waals surface area contributed by atoms with E-state index in [1.807, 2.05) is 12.1 Å². The molecular weight excluding hydrogens is 328 g/mol. The minimum absolute atomic E-state index is 0.0676. The Morgan fingerprint density at radius 1 is 1.31 bits per heavy atom. The van der Waals surface area contributed by atoms with Gasteiger partial charge in [-0.2, -0.15) is 0 Å². The maximum atomic E-state index is 5.98. The van der Waals surface area contributed by atoms with Crippen LogP contribution in [0.4, 0.5) is 0 Å². The highest BCUT2D eigenvalue weighted by molar-refractivity contribution is 5.79. The van der Waals surface area contributed by atoms with Gasteiger partial charge in [0, 0.05) is 39.5 Å². The fraction of sp³-hybridized carbons (Fsp3) is 0.700. The van der Waals surface area contributed by atoms with Crippen molar-refractivity contribution in [2.45, 2.75) is 65.2 Å². The highest BCUT2D eigenvalue weighted by Gasteiger charge is 2.24. The van der Waals surface area contributed by atoms with Gasteiger partial charge in [0.1, 0.15) is 6.10 Å². The third-order valence-electron chi connectivity index (χ3n) is 4.78. The summed E-state index contributed by atoms with van der Waals surface area (Å²) in [6, 6.07) is 4.00. The normalized spacial score (nSPS) is 17.2. The topological polar surface area (TPSA) is 67.8 Å². The molecule has 0 saturated heterocycles. The summed E-state index contributed by atoms with van der Waals surface area (Å²) in [7, 11) is 3.52. The van der Waals surface area contributed by atoms with E-state index < -0.39 is 0 Å². The molecule has 0 bridgehead atoms. The van der Waals surface area contributed by atoms with E-state index in [-0.39, 0.29) is 11.5 Å². The van der Waals surface area contributed by atoms with Crippen molar-refractivity contribution in [1.29, 1.82) is 0 Å². The Kier molecular flexibility index (Phi) is 7.69. The molecule has 0 radical (unpaired) electrons. The highest BCUT2D eigenvalue weighted by atomic mass is 16.5. The first kappa shape index (κ1) is 20.5. The zero-order valence-electron chi connectivity index (χ0n) is 16.8. The van der Waals surface area contributed by atoms with Gasteiger partial charge in [-0.15, -0.1) is 0 Å². The molecule has 1 unspecified atom stereocenters. The molecule has 26 heavy (non-hydrogen) atoms. The van der Waals surface area contributed by atoms with Crippen LogP contribution in [0.2, 0.25) is 0 Å². The number of methoxy groups -OCH3 is 1. The van der Waals surface area contributed by atoms with Crippen LogP contribution in [0.5, 0.6) is 5.88 Å². The summed E-state index contributed by atoms with van der Waals surface area (Å²) in [6.07, 6.45) is 7.01. The van der Waals surface area contributed by atoms with Crippen molar-refractivity contribution in [2.24, 2.45) is 10.4 Å². The van der Waals surface area contributed by atoms with Gasteiger partial charge in [-0.1, -0.05) is 20.8 Å². The van der Waals surface area contributed by atoms with Crippen LogP contribution in [0.3, 0.4) is 0 Å². The fourth-order valence-electron chi connectivity index (χ4n) is 3.14. The minimum Gasteiger partial charge on any atom is -0.474 e. The van der Waals surface area contributed by atoms with E-state index >= 15 is 0 Å². The van der Waals surface area contributed by atoms with E-state index in [1.165, 1.54) is 12.8 Å². The zero-order chi connectivity index (χ0) is 19.0. The average molecular weight is 363 g/mol. The van der Waals surface area contributed by atoms with Crippen molar-refractivity contribution < 1.29 is 9.47 Å². The van der Waals surface area contributed by atoms with Crippen LogP contribution in [0.25, 0.3) is 0 Å². The first-order valence-electron chi connectivity index (χ1n) is 9.51. The van der Waals surface area contributed by atoms with Crippen LogP contribution in [-0.4, -0.2) is 43.9 Å². The van der Waals surface area contributed by atoms with E-state index in [0.717, 1.165) is 24.4 Å². The molecule has 1 aromatic heterocycles. The minimum atomic E-state index is 0.0676. The summed E-state index contributed by atoms with van der Waals surface area (Å²) < 4.78 is 11.6. The molecule has 2 rings (SSSR count). The molecule has 6 heteroatoms. The molecule has 0 amide bonds. The van der Waals surface area contributed by atoms with Crippen LogP contribution in [0.15, 0.2) is 23.3 Å². The lowest BCUT2D eigenvalue weighted by Gasteiger charge is -2.30. The van der Waals surface area contributed by atoms with E-state index in [4.69, 9.17) is 9.47 Å². The molecule has 146 valence electrons. The van der Waals surface area contributed by atoms with Crippen LogP contribution >= 0.6 is 0 Å². The lowest BCUT2D eigenvalue weighted by Crippen LogP contribution is -2.45. The summed E-state index contributed by atoms with van der Waals surface area (Å²) in [5.74, 6) is 1.47. The van der Waals surface area contributed by atoms with E-state index in [2.05, 4.69) is 41.4 Å². The van der Waals surface area contributed by atoms with Crippen molar-refractivity contribution in [1.82, 2.24) is 15.6 Å². The third kappa shape index (κ3) is 6.48. The van der Waals surface area contributed by atoms with Crippen molar-refractivity contribution in [3.05, 3.63) is 23.9 Å².